The maximum Gasteiger partial charge on any atom is 0.194 e. The van der Waals surface area contributed by atoms with Crippen LogP contribution in [0.15, 0.2) is 40.5 Å². The van der Waals surface area contributed by atoms with E-state index >= 15 is 0 Å². The van der Waals surface area contributed by atoms with E-state index in [1.54, 1.807) is 6.26 Å². The van der Waals surface area contributed by atoms with E-state index in [1.807, 2.05) is 18.2 Å². The van der Waals surface area contributed by atoms with Crippen LogP contribution in [-0.4, -0.2) is 37.0 Å². The fourth-order valence-electron chi connectivity index (χ4n) is 2.61. The van der Waals surface area contributed by atoms with Gasteiger partial charge in [0.25, 0.3) is 0 Å². The number of nitrogens with one attached hydrogen (secondary N) is 1. The highest BCUT2D eigenvalue weighted by atomic mass is 16.3. The Labute approximate surface area is 127 Å². The molecule has 0 amide bonds. The molecule has 0 radical (unpaired) electrons. The number of hydrogen-bond donors (Lipinski definition) is 1. The lowest BCUT2D eigenvalue weighted by Crippen LogP contribution is -2.48. The molecule has 116 valence electrons. The predicted molar refractivity (Wildman–Crippen MR) is 87.4 cm³/mol. The molecule has 1 saturated heterocycles. The van der Waals surface area contributed by atoms with Crippen LogP contribution in [0.1, 0.15) is 26.0 Å². The van der Waals surface area contributed by atoms with Crippen molar-refractivity contribution < 1.29 is 4.42 Å². The normalized spacial score (nSPS) is 23.1. The molecule has 4 nitrogen and oxygen atoms in total. The molecule has 1 aromatic heterocycles. The van der Waals surface area contributed by atoms with Crippen LogP contribution in [0.2, 0.25) is 0 Å². The standard InChI is InChI=1S/C17H27N3O/c1-4-9-18-17(19-10-7-16-6-5-12-21-16)20-11-8-14(2)15(3)13-20/h4-6,12,14-15H,1,7-11,13H2,2-3H3,(H,18,19). The van der Waals surface area contributed by atoms with Crippen LogP contribution < -0.4 is 5.32 Å². The smallest absolute Gasteiger partial charge is 0.194 e. The van der Waals surface area contributed by atoms with Gasteiger partial charge in [-0.05, 0) is 30.4 Å². The van der Waals surface area contributed by atoms with E-state index in [9.17, 15) is 0 Å². The largest absolute Gasteiger partial charge is 0.469 e. The van der Waals surface area contributed by atoms with Crippen LogP contribution in [-0.2, 0) is 6.42 Å². The molecule has 0 spiro atoms. The zero-order valence-electron chi connectivity index (χ0n) is 13.2. The van der Waals surface area contributed by atoms with Crippen molar-refractivity contribution in [3.63, 3.8) is 0 Å². The number of hydrogen-bond acceptors (Lipinski definition) is 2. The van der Waals surface area contributed by atoms with Crippen molar-refractivity contribution in [1.29, 1.82) is 0 Å². The summed E-state index contributed by atoms with van der Waals surface area (Å²) in [6.07, 6.45) is 5.65. The first-order valence-corrected chi connectivity index (χ1v) is 7.87. The fraction of sp³-hybridized carbons (Fsp3) is 0.588. The van der Waals surface area contributed by atoms with E-state index in [1.165, 1.54) is 6.42 Å². The van der Waals surface area contributed by atoms with Crippen LogP contribution in [0, 0.1) is 11.8 Å². The van der Waals surface area contributed by atoms with Gasteiger partial charge in [-0.25, -0.2) is 0 Å². The average Bonchev–Trinajstić information content (AvgIpc) is 2.99. The Bertz CT molecular complexity index is 453. The molecule has 21 heavy (non-hydrogen) atoms. The lowest BCUT2D eigenvalue weighted by atomic mass is 9.89. The number of rotatable bonds is 5. The van der Waals surface area contributed by atoms with Gasteiger partial charge in [-0.2, -0.15) is 0 Å². The summed E-state index contributed by atoms with van der Waals surface area (Å²) in [7, 11) is 0. The van der Waals surface area contributed by atoms with E-state index in [2.05, 4.69) is 30.6 Å². The highest BCUT2D eigenvalue weighted by molar-refractivity contribution is 5.80. The molecule has 1 fully saturated rings. The quantitative estimate of drug-likeness (QED) is 0.515. The highest BCUT2D eigenvalue weighted by Crippen LogP contribution is 2.22. The van der Waals surface area contributed by atoms with Gasteiger partial charge < -0.3 is 14.6 Å². The molecule has 0 aromatic carbocycles. The van der Waals surface area contributed by atoms with Gasteiger partial charge in [-0.15, -0.1) is 6.58 Å². The maximum absolute atomic E-state index is 5.35. The molecule has 4 heteroatoms. The summed E-state index contributed by atoms with van der Waals surface area (Å²) >= 11 is 0. The molecule has 2 atom stereocenters. The van der Waals surface area contributed by atoms with Crippen LogP contribution in [0.25, 0.3) is 0 Å². The van der Waals surface area contributed by atoms with Crippen molar-refractivity contribution in [2.75, 3.05) is 26.2 Å². The van der Waals surface area contributed by atoms with E-state index in [4.69, 9.17) is 9.41 Å². The Morgan fingerprint density at radius 3 is 3.05 bits per heavy atom. The number of furan rings is 1. The minimum atomic E-state index is 0.708. The molecule has 2 heterocycles. The van der Waals surface area contributed by atoms with Gasteiger partial charge in [0.1, 0.15) is 5.76 Å². The third-order valence-corrected chi connectivity index (χ3v) is 4.24. The van der Waals surface area contributed by atoms with E-state index in [0.717, 1.165) is 50.2 Å². The molecule has 1 aliphatic rings. The first kappa shape index (κ1) is 15.7. The monoisotopic (exact) mass is 289 g/mol. The van der Waals surface area contributed by atoms with Gasteiger partial charge in [-0.1, -0.05) is 19.9 Å². The van der Waals surface area contributed by atoms with Gasteiger partial charge in [-0.3, -0.25) is 4.99 Å². The second-order valence-electron chi connectivity index (χ2n) is 5.89. The first-order chi connectivity index (χ1) is 10.2. The second-order valence-corrected chi connectivity index (χ2v) is 5.89. The topological polar surface area (TPSA) is 40.8 Å². The van der Waals surface area contributed by atoms with Gasteiger partial charge in [0.15, 0.2) is 5.96 Å². The van der Waals surface area contributed by atoms with Crippen LogP contribution in [0.5, 0.6) is 0 Å². The molecule has 2 unspecified atom stereocenters. The van der Waals surface area contributed by atoms with Crippen molar-refractivity contribution in [1.82, 2.24) is 10.2 Å². The summed E-state index contributed by atoms with van der Waals surface area (Å²) in [6.45, 7) is 12.1. The molecule has 0 bridgehead atoms. The van der Waals surface area contributed by atoms with Crippen molar-refractivity contribution in [2.45, 2.75) is 26.7 Å². The molecule has 0 aliphatic carbocycles. The van der Waals surface area contributed by atoms with Crippen LogP contribution in [0.4, 0.5) is 0 Å². The Kier molecular flexibility index (Phi) is 5.90. The average molecular weight is 289 g/mol. The zero-order chi connectivity index (χ0) is 15.1. The minimum Gasteiger partial charge on any atom is -0.469 e. The second kappa shape index (κ2) is 7.91. The number of likely N-dealkylation sites (tertiary alicyclic amines) is 1. The van der Waals surface area contributed by atoms with Crippen molar-refractivity contribution in [2.24, 2.45) is 16.8 Å². The number of guanidine groups is 1. The molecule has 0 saturated carbocycles. The molecule has 2 rings (SSSR count). The van der Waals surface area contributed by atoms with E-state index in [0.29, 0.717) is 5.92 Å². The zero-order valence-corrected chi connectivity index (χ0v) is 13.2. The predicted octanol–water partition coefficient (Wildman–Crippen LogP) is 2.93. The summed E-state index contributed by atoms with van der Waals surface area (Å²) in [5.41, 5.74) is 0. The fourth-order valence-corrected chi connectivity index (χ4v) is 2.61. The molecular weight excluding hydrogens is 262 g/mol. The van der Waals surface area contributed by atoms with Crippen LogP contribution in [0.3, 0.4) is 0 Å². The molecular formula is C17H27N3O. The summed E-state index contributed by atoms with van der Waals surface area (Å²) in [4.78, 5) is 7.11. The summed E-state index contributed by atoms with van der Waals surface area (Å²) in [5.74, 6) is 3.49. The molecule has 1 aromatic rings. The number of piperidine rings is 1. The summed E-state index contributed by atoms with van der Waals surface area (Å²) < 4.78 is 5.35. The maximum atomic E-state index is 5.35. The Balaban J connectivity index is 1.94. The number of aliphatic imine (C=N–C) groups is 1. The first-order valence-electron chi connectivity index (χ1n) is 7.87. The van der Waals surface area contributed by atoms with Crippen molar-refractivity contribution >= 4 is 5.96 Å². The molecule has 1 N–H and O–H groups in total. The Morgan fingerprint density at radius 2 is 2.38 bits per heavy atom. The Hall–Kier alpha value is -1.71. The highest BCUT2D eigenvalue weighted by Gasteiger charge is 2.24. The molecule has 1 aliphatic heterocycles. The lowest BCUT2D eigenvalue weighted by Gasteiger charge is -2.37. The van der Waals surface area contributed by atoms with Crippen molar-refractivity contribution in [3.8, 4) is 0 Å². The summed E-state index contributed by atoms with van der Waals surface area (Å²) in [6, 6.07) is 3.92. The lowest BCUT2D eigenvalue weighted by molar-refractivity contribution is 0.200. The van der Waals surface area contributed by atoms with E-state index < -0.39 is 0 Å². The van der Waals surface area contributed by atoms with Crippen molar-refractivity contribution in [3.05, 3.63) is 36.8 Å². The Morgan fingerprint density at radius 1 is 1.52 bits per heavy atom. The van der Waals surface area contributed by atoms with Gasteiger partial charge >= 0.3 is 0 Å². The number of nitrogens with zero attached hydrogens (tertiary/aromatic N) is 2. The van der Waals surface area contributed by atoms with Gasteiger partial charge in [0, 0.05) is 32.6 Å². The SMILES string of the molecule is C=CCNC(=NCCc1ccco1)N1CCC(C)C(C)C1. The van der Waals surface area contributed by atoms with Gasteiger partial charge in [0.05, 0.1) is 6.26 Å². The third-order valence-electron chi connectivity index (χ3n) is 4.24. The summed E-state index contributed by atoms with van der Waals surface area (Å²) in [5, 5.41) is 3.38. The minimum absolute atomic E-state index is 0.708. The van der Waals surface area contributed by atoms with Gasteiger partial charge in [0.2, 0.25) is 0 Å². The third kappa shape index (κ3) is 4.66. The van der Waals surface area contributed by atoms with E-state index in [-0.39, 0.29) is 0 Å². The van der Waals surface area contributed by atoms with Crippen LogP contribution >= 0.6 is 0 Å².